The van der Waals surface area contributed by atoms with E-state index in [4.69, 9.17) is 9.72 Å². The van der Waals surface area contributed by atoms with Gasteiger partial charge in [-0.15, -0.1) is 0 Å². The Morgan fingerprint density at radius 1 is 1.10 bits per heavy atom. The van der Waals surface area contributed by atoms with Crippen LogP contribution in [0.5, 0.6) is 0 Å². The van der Waals surface area contributed by atoms with Crippen LogP contribution < -0.4 is 0 Å². The molecule has 0 fully saturated rings. The van der Waals surface area contributed by atoms with Crippen LogP contribution in [0.2, 0.25) is 0 Å². The van der Waals surface area contributed by atoms with Crippen molar-refractivity contribution in [1.82, 2.24) is 9.55 Å². The molecule has 4 aromatic rings. The highest BCUT2D eigenvalue weighted by molar-refractivity contribution is 9.10. The first kappa shape index (κ1) is 19.6. The number of esters is 1. The number of ether oxygens (including phenoxy) is 1. The van der Waals surface area contributed by atoms with Gasteiger partial charge in [-0.1, -0.05) is 23.8 Å². The molecule has 0 bridgehead atoms. The van der Waals surface area contributed by atoms with E-state index in [0.29, 0.717) is 6.61 Å². The van der Waals surface area contributed by atoms with Crippen LogP contribution in [0.4, 0.5) is 0 Å². The summed E-state index contributed by atoms with van der Waals surface area (Å²) in [7, 11) is 0. The second-order valence-corrected chi connectivity index (χ2v) is 8.17. The number of aromatic nitrogens is 2. The summed E-state index contributed by atoms with van der Waals surface area (Å²) < 4.78 is 8.25. The number of hydrogen-bond donors (Lipinski definition) is 0. The molecule has 148 valence electrons. The molecule has 2 aromatic carbocycles. The Bertz CT molecular complexity index is 1260. The smallest absolute Gasteiger partial charge is 0.325 e. The lowest BCUT2D eigenvalue weighted by Gasteiger charge is -2.11. The third-order valence-electron chi connectivity index (χ3n) is 5.26. The molecule has 0 saturated heterocycles. The van der Waals surface area contributed by atoms with Crippen molar-refractivity contribution in [3.8, 4) is 11.1 Å². The summed E-state index contributed by atoms with van der Waals surface area (Å²) in [6.45, 7) is 8.59. The third kappa shape index (κ3) is 3.44. The SMILES string of the molecule is CCOC(=O)Cn1c(C)c(-c2cc(C)nc3c(Br)cccc23)c2cc(C)ccc21. The lowest BCUT2D eigenvalue weighted by atomic mass is 9.97. The van der Waals surface area contributed by atoms with Gasteiger partial charge < -0.3 is 9.30 Å². The van der Waals surface area contributed by atoms with E-state index in [-0.39, 0.29) is 12.5 Å². The zero-order valence-electron chi connectivity index (χ0n) is 17.0. The van der Waals surface area contributed by atoms with E-state index < -0.39 is 0 Å². The van der Waals surface area contributed by atoms with Crippen molar-refractivity contribution in [1.29, 1.82) is 0 Å². The van der Waals surface area contributed by atoms with Crippen molar-refractivity contribution in [3.05, 3.63) is 63.9 Å². The number of carbonyl (C=O) groups is 1. The van der Waals surface area contributed by atoms with Crippen LogP contribution in [0.25, 0.3) is 32.9 Å². The molecule has 0 radical (unpaired) electrons. The van der Waals surface area contributed by atoms with Gasteiger partial charge in [-0.3, -0.25) is 9.78 Å². The van der Waals surface area contributed by atoms with Crippen molar-refractivity contribution in [2.75, 3.05) is 6.61 Å². The van der Waals surface area contributed by atoms with E-state index in [2.05, 4.69) is 64.7 Å². The fourth-order valence-corrected chi connectivity index (χ4v) is 4.48. The zero-order chi connectivity index (χ0) is 20.7. The molecule has 0 aliphatic heterocycles. The minimum absolute atomic E-state index is 0.199. The molecule has 4 nitrogen and oxygen atoms in total. The Morgan fingerprint density at radius 2 is 1.90 bits per heavy atom. The highest BCUT2D eigenvalue weighted by Gasteiger charge is 2.20. The van der Waals surface area contributed by atoms with Gasteiger partial charge in [0, 0.05) is 37.7 Å². The number of aryl methyl sites for hydroxylation is 2. The molecule has 0 spiro atoms. The van der Waals surface area contributed by atoms with Gasteiger partial charge in [-0.2, -0.15) is 0 Å². The predicted octanol–water partition coefficient (Wildman–Crippen LogP) is 6.11. The van der Waals surface area contributed by atoms with Crippen LogP contribution in [-0.4, -0.2) is 22.1 Å². The van der Waals surface area contributed by atoms with Gasteiger partial charge in [0.05, 0.1) is 12.1 Å². The molecule has 2 heterocycles. The number of halogens is 1. The number of hydrogen-bond acceptors (Lipinski definition) is 3. The molecule has 2 aromatic heterocycles. The number of nitrogens with zero attached hydrogens (tertiary/aromatic N) is 2. The average Bonchev–Trinajstić information content (AvgIpc) is 2.93. The van der Waals surface area contributed by atoms with Gasteiger partial charge in [0.25, 0.3) is 0 Å². The van der Waals surface area contributed by atoms with Gasteiger partial charge in [-0.05, 0) is 73.5 Å². The summed E-state index contributed by atoms with van der Waals surface area (Å²) in [5.74, 6) is -0.224. The lowest BCUT2D eigenvalue weighted by molar-refractivity contribution is -0.143. The molecular weight excluding hydrogens is 428 g/mol. The quantitative estimate of drug-likeness (QED) is 0.352. The van der Waals surface area contributed by atoms with Crippen LogP contribution in [0.3, 0.4) is 0 Å². The molecule has 4 rings (SSSR count). The van der Waals surface area contributed by atoms with Gasteiger partial charge in [0.15, 0.2) is 0 Å². The molecular formula is C24H23BrN2O2. The Hall–Kier alpha value is -2.66. The Labute approximate surface area is 178 Å². The highest BCUT2D eigenvalue weighted by Crippen LogP contribution is 2.40. The first-order valence-corrected chi connectivity index (χ1v) is 10.5. The summed E-state index contributed by atoms with van der Waals surface area (Å²) in [6.07, 6.45) is 0. The van der Waals surface area contributed by atoms with Crippen LogP contribution in [0, 0.1) is 20.8 Å². The number of pyridine rings is 1. The molecule has 0 unspecified atom stereocenters. The van der Waals surface area contributed by atoms with E-state index in [1.807, 2.05) is 26.0 Å². The summed E-state index contributed by atoms with van der Waals surface area (Å²) in [5, 5.41) is 2.23. The number of fused-ring (bicyclic) bond motifs is 2. The van der Waals surface area contributed by atoms with E-state index >= 15 is 0 Å². The predicted molar refractivity (Wildman–Crippen MR) is 121 cm³/mol. The van der Waals surface area contributed by atoms with Crippen LogP contribution in [0.1, 0.15) is 23.9 Å². The summed E-state index contributed by atoms with van der Waals surface area (Å²) in [5.41, 5.74) is 7.44. The first-order chi connectivity index (χ1) is 13.9. The minimum atomic E-state index is -0.224. The van der Waals surface area contributed by atoms with Crippen LogP contribution in [-0.2, 0) is 16.1 Å². The van der Waals surface area contributed by atoms with Crippen LogP contribution >= 0.6 is 15.9 Å². The lowest BCUT2D eigenvalue weighted by Crippen LogP contribution is -2.14. The largest absolute Gasteiger partial charge is 0.465 e. The topological polar surface area (TPSA) is 44.1 Å². The molecule has 5 heteroatoms. The van der Waals surface area contributed by atoms with Crippen molar-refractivity contribution in [2.45, 2.75) is 34.2 Å². The van der Waals surface area contributed by atoms with E-state index in [0.717, 1.165) is 48.8 Å². The standard InChI is InChI=1S/C24H23BrN2O2/c1-5-29-22(28)13-27-16(4)23(19-11-14(2)9-10-21(19)27)18-12-15(3)26-24-17(18)7-6-8-20(24)25/h6-12H,5,13H2,1-4H3. The van der Waals surface area contributed by atoms with Gasteiger partial charge in [-0.25, -0.2) is 0 Å². The van der Waals surface area contributed by atoms with Crippen molar-refractivity contribution in [2.24, 2.45) is 0 Å². The molecule has 0 N–H and O–H groups in total. The minimum Gasteiger partial charge on any atom is -0.465 e. The van der Waals surface area contributed by atoms with Crippen LogP contribution in [0.15, 0.2) is 46.9 Å². The Balaban J connectivity index is 2.06. The molecule has 0 amide bonds. The molecule has 29 heavy (non-hydrogen) atoms. The van der Waals surface area contributed by atoms with Gasteiger partial charge in [0.1, 0.15) is 6.54 Å². The number of rotatable bonds is 4. The maximum Gasteiger partial charge on any atom is 0.325 e. The van der Waals surface area contributed by atoms with Gasteiger partial charge >= 0.3 is 5.97 Å². The fraction of sp³-hybridized carbons (Fsp3) is 0.250. The number of carbonyl (C=O) groups excluding carboxylic acids is 1. The number of benzene rings is 2. The van der Waals surface area contributed by atoms with Gasteiger partial charge in [0.2, 0.25) is 0 Å². The van der Waals surface area contributed by atoms with E-state index in [1.165, 1.54) is 5.56 Å². The summed E-state index contributed by atoms with van der Waals surface area (Å²) in [6, 6.07) is 14.6. The second kappa shape index (κ2) is 7.64. The summed E-state index contributed by atoms with van der Waals surface area (Å²) >= 11 is 3.64. The second-order valence-electron chi connectivity index (χ2n) is 7.32. The molecule has 0 aliphatic carbocycles. The first-order valence-electron chi connectivity index (χ1n) is 9.72. The average molecular weight is 451 g/mol. The third-order valence-corrected chi connectivity index (χ3v) is 5.90. The maximum atomic E-state index is 12.3. The zero-order valence-corrected chi connectivity index (χ0v) is 18.6. The normalized spacial score (nSPS) is 11.3. The van der Waals surface area contributed by atoms with E-state index in [1.54, 1.807) is 0 Å². The molecule has 0 saturated carbocycles. The van der Waals surface area contributed by atoms with Crippen molar-refractivity contribution in [3.63, 3.8) is 0 Å². The van der Waals surface area contributed by atoms with E-state index in [9.17, 15) is 4.79 Å². The fourth-order valence-electron chi connectivity index (χ4n) is 4.02. The Morgan fingerprint density at radius 3 is 2.66 bits per heavy atom. The van der Waals surface area contributed by atoms with Crippen molar-refractivity contribution >= 4 is 43.7 Å². The maximum absolute atomic E-state index is 12.3. The number of para-hydroxylation sites is 1. The summed E-state index contributed by atoms with van der Waals surface area (Å²) in [4.78, 5) is 17.0. The molecule has 0 atom stereocenters. The molecule has 0 aliphatic rings. The monoisotopic (exact) mass is 450 g/mol. The highest BCUT2D eigenvalue weighted by atomic mass is 79.9. The van der Waals surface area contributed by atoms with Crippen molar-refractivity contribution < 1.29 is 9.53 Å². The Kier molecular flexibility index (Phi) is 5.17.